The minimum Gasteiger partial charge on any atom is -0.481 e. The van der Waals surface area contributed by atoms with E-state index in [2.05, 4.69) is 5.32 Å². The average molecular weight is 394 g/mol. The van der Waals surface area contributed by atoms with Crippen molar-refractivity contribution in [2.75, 3.05) is 25.0 Å². The van der Waals surface area contributed by atoms with Gasteiger partial charge in [-0.25, -0.2) is 4.68 Å². The summed E-state index contributed by atoms with van der Waals surface area (Å²) in [6, 6.07) is 11.8. The molecule has 2 atom stereocenters. The normalized spacial score (nSPS) is 26.4. The first kappa shape index (κ1) is 18.4. The van der Waals surface area contributed by atoms with E-state index in [1.54, 1.807) is 4.68 Å². The van der Waals surface area contributed by atoms with Crippen LogP contribution in [0.5, 0.6) is 0 Å². The smallest absolute Gasteiger partial charge is 0.311 e. The van der Waals surface area contributed by atoms with E-state index in [9.17, 15) is 14.7 Å². The number of fused-ring (bicyclic) bond motifs is 1. The molecule has 1 aromatic heterocycles. The number of hydrogen-bond donors (Lipinski definition) is 2. The molecule has 2 N–H and O–H groups in total. The van der Waals surface area contributed by atoms with Crippen LogP contribution in [0.1, 0.15) is 43.7 Å². The Morgan fingerprint density at radius 1 is 1.21 bits per heavy atom. The van der Waals surface area contributed by atoms with Crippen LogP contribution in [0.15, 0.2) is 36.4 Å². The van der Waals surface area contributed by atoms with Crippen LogP contribution in [0.25, 0.3) is 5.69 Å². The highest BCUT2D eigenvalue weighted by atomic mass is 16.4. The lowest BCUT2D eigenvalue weighted by atomic mass is 9.81. The summed E-state index contributed by atoms with van der Waals surface area (Å²) in [5.74, 6) is 0.493. The zero-order chi connectivity index (χ0) is 20.0. The Bertz CT molecular complexity index is 937. The van der Waals surface area contributed by atoms with Gasteiger partial charge in [0.2, 0.25) is 5.91 Å². The summed E-state index contributed by atoms with van der Waals surface area (Å²) in [7, 11) is 0. The van der Waals surface area contributed by atoms with E-state index in [0.717, 1.165) is 43.5 Å². The van der Waals surface area contributed by atoms with Crippen molar-refractivity contribution in [2.45, 2.75) is 38.0 Å². The van der Waals surface area contributed by atoms with E-state index in [0.29, 0.717) is 24.8 Å². The minimum absolute atomic E-state index is 0.120. The van der Waals surface area contributed by atoms with E-state index in [1.165, 1.54) is 0 Å². The van der Waals surface area contributed by atoms with Crippen LogP contribution in [-0.2, 0) is 9.59 Å². The van der Waals surface area contributed by atoms with Gasteiger partial charge in [0.15, 0.2) is 0 Å². The number of nitrogens with zero attached hydrogens (tertiary/aromatic N) is 3. The van der Waals surface area contributed by atoms with Crippen LogP contribution in [0.2, 0.25) is 0 Å². The van der Waals surface area contributed by atoms with Crippen molar-refractivity contribution >= 4 is 17.7 Å². The molecule has 1 aliphatic heterocycles. The van der Waals surface area contributed by atoms with Crippen molar-refractivity contribution in [3.63, 3.8) is 0 Å². The summed E-state index contributed by atoms with van der Waals surface area (Å²) in [5.41, 5.74) is 1.27. The van der Waals surface area contributed by atoms with Gasteiger partial charge >= 0.3 is 5.97 Å². The quantitative estimate of drug-likeness (QED) is 0.787. The molecule has 1 aromatic carbocycles. The molecule has 29 heavy (non-hydrogen) atoms. The molecule has 3 aliphatic rings. The zero-order valence-electron chi connectivity index (χ0n) is 16.4. The summed E-state index contributed by atoms with van der Waals surface area (Å²) in [6.07, 6.45) is 4.92. The predicted octanol–water partition coefficient (Wildman–Crippen LogP) is 2.87. The van der Waals surface area contributed by atoms with Crippen molar-refractivity contribution in [2.24, 2.45) is 11.3 Å². The molecule has 7 nitrogen and oxygen atoms in total. The van der Waals surface area contributed by atoms with E-state index in [1.807, 2.05) is 41.3 Å². The molecule has 1 saturated heterocycles. The first-order valence-corrected chi connectivity index (χ1v) is 10.5. The van der Waals surface area contributed by atoms with Gasteiger partial charge in [0.05, 0.1) is 23.3 Å². The second-order valence-electron chi connectivity index (χ2n) is 8.74. The van der Waals surface area contributed by atoms with Crippen LogP contribution in [-0.4, -0.2) is 51.3 Å². The maximum Gasteiger partial charge on any atom is 0.311 e. The number of anilines is 1. The maximum atomic E-state index is 12.8. The third-order valence-corrected chi connectivity index (χ3v) is 6.73. The molecule has 0 radical (unpaired) electrons. The Balaban J connectivity index is 1.31. The Kier molecular flexibility index (Phi) is 4.42. The third-order valence-electron chi connectivity index (χ3n) is 6.73. The van der Waals surface area contributed by atoms with Crippen molar-refractivity contribution in [1.29, 1.82) is 0 Å². The number of carbonyl (C=O) groups excluding carboxylic acids is 1. The van der Waals surface area contributed by atoms with Crippen molar-refractivity contribution < 1.29 is 14.7 Å². The summed E-state index contributed by atoms with van der Waals surface area (Å²) in [6.45, 7) is 1.36. The second-order valence-corrected chi connectivity index (χ2v) is 8.74. The third kappa shape index (κ3) is 3.33. The number of carboxylic acid groups (broad SMARTS) is 1. The van der Waals surface area contributed by atoms with Gasteiger partial charge in [-0.3, -0.25) is 14.5 Å². The molecule has 0 unspecified atom stereocenters. The van der Waals surface area contributed by atoms with Crippen LogP contribution >= 0.6 is 0 Å². The van der Waals surface area contributed by atoms with Crippen LogP contribution < -0.4 is 5.32 Å². The second kappa shape index (κ2) is 6.99. The van der Waals surface area contributed by atoms with Crippen molar-refractivity contribution in [3.8, 4) is 5.69 Å². The predicted molar refractivity (Wildman–Crippen MR) is 108 cm³/mol. The molecule has 1 amide bonds. The fourth-order valence-corrected chi connectivity index (χ4v) is 5.08. The lowest BCUT2D eigenvalue weighted by molar-refractivity contribution is -0.149. The number of amides is 1. The largest absolute Gasteiger partial charge is 0.481 e. The van der Waals surface area contributed by atoms with Crippen LogP contribution in [0.3, 0.4) is 0 Å². The fourth-order valence-electron chi connectivity index (χ4n) is 5.08. The average Bonchev–Trinajstić information content (AvgIpc) is 3.19. The van der Waals surface area contributed by atoms with Gasteiger partial charge < -0.3 is 10.4 Å². The van der Waals surface area contributed by atoms with E-state index in [-0.39, 0.29) is 18.4 Å². The molecule has 0 spiro atoms. The van der Waals surface area contributed by atoms with Gasteiger partial charge in [-0.05, 0) is 43.7 Å². The van der Waals surface area contributed by atoms with E-state index >= 15 is 0 Å². The van der Waals surface area contributed by atoms with Gasteiger partial charge in [0, 0.05) is 25.1 Å². The Hall–Kier alpha value is -2.67. The Labute approximate surface area is 169 Å². The first-order valence-electron chi connectivity index (χ1n) is 10.5. The number of carboxylic acids is 1. The molecule has 2 aliphatic carbocycles. The summed E-state index contributed by atoms with van der Waals surface area (Å²) < 4.78 is 1.79. The summed E-state index contributed by atoms with van der Waals surface area (Å²) in [5, 5.41) is 17.5. The zero-order valence-corrected chi connectivity index (χ0v) is 16.4. The number of nitrogens with one attached hydrogen (secondary N) is 1. The first-order chi connectivity index (χ1) is 14.0. The van der Waals surface area contributed by atoms with E-state index in [4.69, 9.17) is 5.10 Å². The van der Waals surface area contributed by atoms with Crippen LogP contribution in [0.4, 0.5) is 5.82 Å². The number of likely N-dealkylation sites (tertiary alicyclic amines) is 1. The summed E-state index contributed by atoms with van der Waals surface area (Å²) in [4.78, 5) is 26.7. The minimum atomic E-state index is -0.709. The van der Waals surface area contributed by atoms with Gasteiger partial charge in [0.1, 0.15) is 5.82 Å². The molecule has 3 fully saturated rings. The molecular weight excluding hydrogens is 368 g/mol. The fraction of sp³-hybridized carbons (Fsp3) is 0.500. The lowest BCUT2D eigenvalue weighted by Gasteiger charge is -2.23. The van der Waals surface area contributed by atoms with Gasteiger partial charge in [-0.1, -0.05) is 24.6 Å². The Morgan fingerprint density at radius 2 is 2.00 bits per heavy atom. The molecule has 0 bridgehead atoms. The standard InChI is InChI=1S/C22H26N4O3/c27-20(13-25-12-16-5-4-10-22(16,14-25)21(28)29)23-19-11-18(15-8-9-15)24-26(19)17-6-2-1-3-7-17/h1-3,6-7,11,15-16H,4-5,8-10,12-14H2,(H,23,27)(H,28,29)/t16-,22+/m0/s1. The number of benzene rings is 1. The number of aliphatic carboxylic acids is 1. The summed E-state index contributed by atoms with van der Waals surface area (Å²) >= 11 is 0. The molecule has 7 heteroatoms. The number of hydrogen-bond acceptors (Lipinski definition) is 4. The molecule has 152 valence electrons. The number of aromatic nitrogens is 2. The number of rotatable bonds is 6. The number of carbonyl (C=O) groups is 2. The van der Waals surface area contributed by atoms with Crippen molar-refractivity contribution in [1.82, 2.24) is 14.7 Å². The van der Waals surface area contributed by atoms with Crippen molar-refractivity contribution in [3.05, 3.63) is 42.1 Å². The highest BCUT2D eigenvalue weighted by Crippen LogP contribution is 2.48. The highest BCUT2D eigenvalue weighted by molar-refractivity contribution is 5.92. The molecule has 5 rings (SSSR count). The molecule has 2 heterocycles. The SMILES string of the molecule is O=C(CN1C[C@@H]2CCC[C@@]2(C(=O)O)C1)Nc1cc(C2CC2)nn1-c1ccccc1. The van der Waals surface area contributed by atoms with Gasteiger partial charge in [-0.15, -0.1) is 0 Å². The molecular formula is C22H26N4O3. The number of para-hydroxylation sites is 1. The lowest BCUT2D eigenvalue weighted by Crippen LogP contribution is -2.37. The molecule has 2 aromatic rings. The molecule has 2 saturated carbocycles. The topological polar surface area (TPSA) is 87.5 Å². The highest BCUT2D eigenvalue weighted by Gasteiger charge is 2.54. The van der Waals surface area contributed by atoms with Crippen LogP contribution in [0, 0.1) is 11.3 Å². The van der Waals surface area contributed by atoms with Gasteiger partial charge in [-0.2, -0.15) is 5.10 Å². The van der Waals surface area contributed by atoms with E-state index < -0.39 is 11.4 Å². The van der Waals surface area contributed by atoms with Gasteiger partial charge in [0.25, 0.3) is 0 Å². The Morgan fingerprint density at radius 3 is 2.69 bits per heavy atom. The monoisotopic (exact) mass is 394 g/mol. The maximum absolute atomic E-state index is 12.8.